The van der Waals surface area contributed by atoms with Crippen molar-refractivity contribution >= 4 is 10.9 Å². The second-order valence-corrected chi connectivity index (χ2v) is 5.93. The molecule has 2 heterocycles. The molecule has 1 N–H and O–H groups in total. The van der Waals surface area contributed by atoms with Crippen LogP contribution >= 0.6 is 0 Å². The summed E-state index contributed by atoms with van der Waals surface area (Å²) in [5.74, 6) is 0. The van der Waals surface area contributed by atoms with E-state index in [0.717, 1.165) is 27.9 Å². The fourth-order valence-electron chi connectivity index (χ4n) is 2.77. The van der Waals surface area contributed by atoms with Crippen molar-refractivity contribution in [2.24, 2.45) is 0 Å². The van der Waals surface area contributed by atoms with Gasteiger partial charge in [0.1, 0.15) is 0 Å². The standard InChI is InChI=1S/C18H21N3O/c1-12(2)21-11-19-10-18(21)17-8-13(3)15-9-14(6-7-22)4-5-16(15)20-17/h4-5,8-12,22H,6-7H2,1-3H3. The first-order chi connectivity index (χ1) is 10.6. The smallest absolute Gasteiger partial charge is 0.0953 e. The van der Waals surface area contributed by atoms with Gasteiger partial charge in [0.15, 0.2) is 0 Å². The van der Waals surface area contributed by atoms with Gasteiger partial charge in [-0.3, -0.25) is 0 Å². The van der Waals surface area contributed by atoms with Crippen LogP contribution in [0, 0.1) is 6.92 Å². The average molecular weight is 295 g/mol. The van der Waals surface area contributed by atoms with Gasteiger partial charge in [-0.05, 0) is 56.5 Å². The van der Waals surface area contributed by atoms with Gasteiger partial charge in [-0.2, -0.15) is 0 Å². The minimum Gasteiger partial charge on any atom is -0.396 e. The van der Waals surface area contributed by atoms with E-state index in [1.165, 1.54) is 5.56 Å². The van der Waals surface area contributed by atoms with Crippen molar-refractivity contribution in [2.45, 2.75) is 33.2 Å². The fourth-order valence-corrected chi connectivity index (χ4v) is 2.77. The Morgan fingerprint density at radius 2 is 2.05 bits per heavy atom. The Labute approximate surface area is 130 Å². The largest absolute Gasteiger partial charge is 0.396 e. The van der Waals surface area contributed by atoms with Gasteiger partial charge in [0.05, 0.1) is 29.4 Å². The molecule has 2 aromatic heterocycles. The van der Waals surface area contributed by atoms with Gasteiger partial charge in [0.25, 0.3) is 0 Å². The number of hydrogen-bond acceptors (Lipinski definition) is 3. The monoisotopic (exact) mass is 295 g/mol. The summed E-state index contributed by atoms with van der Waals surface area (Å²) >= 11 is 0. The number of fused-ring (bicyclic) bond motifs is 1. The summed E-state index contributed by atoms with van der Waals surface area (Å²) in [7, 11) is 0. The minimum absolute atomic E-state index is 0.170. The SMILES string of the molecule is Cc1cc(-c2cncn2C(C)C)nc2ccc(CCO)cc12. The normalized spacial score (nSPS) is 11.5. The average Bonchev–Trinajstić information content (AvgIpc) is 2.98. The van der Waals surface area contributed by atoms with Gasteiger partial charge >= 0.3 is 0 Å². The van der Waals surface area contributed by atoms with Crippen LogP contribution in [0.4, 0.5) is 0 Å². The van der Waals surface area contributed by atoms with Crippen molar-refractivity contribution in [1.29, 1.82) is 0 Å². The third-order valence-electron chi connectivity index (χ3n) is 3.97. The number of aliphatic hydroxyl groups excluding tert-OH is 1. The summed E-state index contributed by atoms with van der Waals surface area (Å²) in [6, 6.07) is 8.65. The number of aliphatic hydroxyl groups is 1. The first-order valence-electron chi connectivity index (χ1n) is 7.63. The van der Waals surface area contributed by atoms with E-state index in [4.69, 9.17) is 10.1 Å². The van der Waals surface area contributed by atoms with E-state index in [9.17, 15) is 0 Å². The number of hydrogen-bond donors (Lipinski definition) is 1. The van der Waals surface area contributed by atoms with E-state index in [2.05, 4.69) is 42.5 Å². The Balaban J connectivity index is 2.13. The first-order valence-corrected chi connectivity index (χ1v) is 7.63. The second-order valence-electron chi connectivity index (χ2n) is 5.93. The van der Waals surface area contributed by atoms with Crippen molar-refractivity contribution in [3.8, 4) is 11.4 Å². The Kier molecular flexibility index (Phi) is 3.94. The zero-order valence-electron chi connectivity index (χ0n) is 13.2. The molecule has 0 amide bonds. The van der Waals surface area contributed by atoms with Gasteiger partial charge in [-0.15, -0.1) is 0 Å². The topological polar surface area (TPSA) is 50.9 Å². The molecule has 0 unspecified atom stereocenters. The number of benzene rings is 1. The van der Waals surface area contributed by atoms with Crippen LogP contribution in [0.3, 0.4) is 0 Å². The highest BCUT2D eigenvalue weighted by atomic mass is 16.2. The molecule has 0 saturated carbocycles. The third kappa shape index (κ3) is 2.62. The lowest BCUT2D eigenvalue weighted by molar-refractivity contribution is 0.299. The van der Waals surface area contributed by atoms with Gasteiger partial charge in [0.2, 0.25) is 0 Å². The van der Waals surface area contributed by atoms with Crippen LogP contribution in [0.5, 0.6) is 0 Å². The van der Waals surface area contributed by atoms with Gasteiger partial charge in [0, 0.05) is 18.0 Å². The van der Waals surface area contributed by atoms with E-state index in [0.29, 0.717) is 12.5 Å². The molecule has 0 atom stereocenters. The fraction of sp³-hybridized carbons (Fsp3) is 0.333. The van der Waals surface area contributed by atoms with E-state index in [1.54, 1.807) is 0 Å². The number of nitrogens with zero attached hydrogens (tertiary/aromatic N) is 3. The van der Waals surface area contributed by atoms with Crippen LogP contribution in [-0.2, 0) is 6.42 Å². The summed E-state index contributed by atoms with van der Waals surface area (Å²) < 4.78 is 2.13. The molecule has 0 aliphatic heterocycles. The molecule has 3 aromatic rings. The highest BCUT2D eigenvalue weighted by molar-refractivity contribution is 5.85. The highest BCUT2D eigenvalue weighted by Crippen LogP contribution is 2.26. The van der Waals surface area contributed by atoms with Crippen LogP contribution in [-0.4, -0.2) is 26.2 Å². The molecule has 0 radical (unpaired) electrons. The first kappa shape index (κ1) is 14.7. The summed E-state index contributed by atoms with van der Waals surface area (Å²) in [5, 5.41) is 10.2. The molecular weight excluding hydrogens is 274 g/mol. The predicted molar refractivity (Wildman–Crippen MR) is 88.9 cm³/mol. The molecule has 0 aliphatic carbocycles. The summed E-state index contributed by atoms with van der Waals surface area (Å²) in [6.07, 6.45) is 4.40. The number of imidazole rings is 1. The molecule has 3 rings (SSSR count). The second kappa shape index (κ2) is 5.89. The van der Waals surface area contributed by atoms with Crippen molar-refractivity contribution in [3.63, 3.8) is 0 Å². The van der Waals surface area contributed by atoms with Crippen LogP contribution in [0.25, 0.3) is 22.3 Å². The lowest BCUT2D eigenvalue weighted by Gasteiger charge is -2.13. The maximum absolute atomic E-state index is 9.09. The van der Waals surface area contributed by atoms with Crippen molar-refractivity contribution < 1.29 is 5.11 Å². The number of aryl methyl sites for hydroxylation is 1. The van der Waals surface area contributed by atoms with Crippen molar-refractivity contribution in [1.82, 2.24) is 14.5 Å². The number of aromatic nitrogens is 3. The number of rotatable bonds is 4. The third-order valence-corrected chi connectivity index (χ3v) is 3.97. The summed E-state index contributed by atoms with van der Waals surface area (Å²) in [6.45, 7) is 6.55. The van der Waals surface area contributed by atoms with Gasteiger partial charge in [-0.1, -0.05) is 6.07 Å². The van der Waals surface area contributed by atoms with E-state index < -0.39 is 0 Å². The van der Waals surface area contributed by atoms with Crippen LogP contribution < -0.4 is 0 Å². The molecule has 4 nitrogen and oxygen atoms in total. The summed E-state index contributed by atoms with van der Waals surface area (Å²) in [5.41, 5.74) is 5.30. The molecule has 0 aliphatic rings. The van der Waals surface area contributed by atoms with Crippen LogP contribution in [0.15, 0.2) is 36.8 Å². The Morgan fingerprint density at radius 3 is 2.77 bits per heavy atom. The molecule has 0 spiro atoms. The van der Waals surface area contributed by atoms with Gasteiger partial charge < -0.3 is 9.67 Å². The zero-order chi connectivity index (χ0) is 15.7. The Morgan fingerprint density at radius 1 is 1.23 bits per heavy atom. The van der Waals surface area contributed by atoms with Crippen LogP contribution in [0.1, 0.15) is 31.0 Å². The van der Waals surface area contributed by atoms with E-state index in [-0.39, 0.29) is 6.61 Å². The molecule has 114 valence electrons. The molecule has 4 heteroatoms. The molecule has 1 aromatic carbocycles. The lowest BCUT2D eigenvalue weighted by atomic mass is 10.0. The van der Waals surface area contributed by atoms with E-state index >= 15 is 0 Å². The lowest BCUT2D eigenvalue weighted by Crippen LogP contribution is -2.02. The van der Waals surface area contributed by atoms with Crippen LogP contribution in [0.2, 0.25) is 0 Å². The predicted octanol–water partition coefficient (Wildman–Crippen LogP) is 3.52. The molecular formula is C18H21N3O. The molecule has 0 bridgehead atoms. The maximum atomic E-state index is 9.09. The summed E-state index contributed by atoms with van der Waals surface area (Å²) in [4.78, 5) is 9.06. The van der Waals surface area contributed by atoms with Crippen molar-refractivity contribution in [2.75, 3.05) is 6.61 Å². The molecule has 0 fully saturated rings. The Hall–Kier alpha value is -2.20. The maximum Gasteiger partial charge on any atom is 0.0953 e. The Bertz CT molecular complexity index is 805. The van der Waals surface area contributed by atoms with Gasteiger partial charge in [-0.25, -0.2) is 9.97 Å². The zero-order valence-corrected chi connectivity index (χ0v) is 13.2. The highest BCUT2D eigenvalue weighted by Gasteiger charge is 2.11. The number of pyridine rings is 1. The minimum atomic E-state index is 0.170. The quantitative estimate of drug-likeness (QED) is 0.801. The van der Waals surface area contributed by atoms with Crippen molar-refractivity contribution in [3.05, 3.63) is 47.9 Å². The molecule has 22 heavy (non-hydrogen) atoms. The molecule has 0 saturated heterocycles. The van der Waals surface area contributed by atoms with E-state index in [1.807, 2.05) is 24.7 Å².